The molecule has 0 N–H and O–H groups in total. The van der Waals surface area contributed by atoms with Gasteiger partial charge in [0.2, 0.25) is 0 Å². The van der Waals surface area contributed by atoms with Crippen molar-refractivity contribution < 1.29 is 4.42 Å². The van der Waals surface area contributed by atoms with E-state index in [-0.39, 0.29) is 0 Å². The Morgan fingerprint density at radius 3 is 1.06 bits per heavy atom. The second-order valence-corrected chi connectivity index (χ2v) is 44.8. The van der Waals surface area contributed by atoms with Crippen molar-refractivity contribution in [2.24, 2.45) is 52.1 Å². The van der Waals surface area contributed by atoms with Gasteiger partial charge in [0.1, 0.15) is 5.76 Å². The molecule has 0 amide bonds. The van der Waals surface area contributed by atoms with Crippen LogP contribution in [-0.4, -0.2) is 75.5 Å². The summed E-state index contributed by atoms with van der Waals surface area (Å²) in [5.41, 5.74) is 25.9. The van der Waals surface area contributed by atoms with Crippen LogP contribution in [0.15, 0.2) is 86.4 Å². The van der Waals surface area contributed by atoms with Gasteiger partial charge in [-0.3, -0.25) is 28.4 Å². The van der Waals surface area contributed by atoms with Gasteiger partial charge in [-0.25, -0.2) is 9.97 Å². The van der Waals surface area contributed by atoms with Crippen LogP contribution in [0.2, 0.25) is 0 Å². The predicted octanol–water partition coefficient (Wildman–Crippen LogP) is 34.0. The lowest BCUT2D eigenvalue weighted by Gasteiger charge is -2.12. The quantitative estimate of drug-likeness (QED) is 0.0645. The number of aromatic nitrogens is 13. The number of thiophene rings is 1. The molecule has 11 rings (SSSR count). The van der Waals surface area contributed by atoms with Gasteiger partial charge in [-0.15, -0.1) is 34.0 Å². The molecule has 1 aliphatic heterocycles. The largest absolute Gasteiger partial charge is 0.469 e. The number of allylic oxidation sites excluding steroid dienone is 1. The highest BCUT2D eigenvalue weighted by molar-refractivity contribution is 7.11. The molecule has 10 aromatic rings. The maximum absolute atomic E-state index is 5.39. The van der Waals surface area contributed by atoms with E-state index in [1.807, 2.05) is 93.0 Å². The summed E-state index contributed by atoms with van der Waals surface area (Å²) in [5, 5.41) is 27.6. The lowest BCUT2D eigenvalue weighted by molar-refractivity contribution is 0.479. The summed E-state index contributed by atoms with van der Waals surface area (Å²) >= 11 is 7.07. The first-order valence-electron chi connectivity index (χ1n) is 48.2. The number of hydrogen-bond donors (Lipinski definition) is 0. The Hall–Kier alpha value is -6.67. The Balaban J connectivity index is 0.000000699. The molecule has 11 heterocycles. The van der Waals surface area contributed by atoms with Crippen LogP contribution in [0.1, 0.15) is 539 Å². The molecule has 0 saturated carbocycles. The van der Waals surface area contributed by atoms with Crippen LogP contribution in [-0.2, 0) is 35.2 Å². The Labute approximate surface area is 794 Å². The maximum Gasteiger partial charge on any atom is 0.109 e. The van der Waals surface area contributed by atoms with E-state index in [0.717, 1.165) is 12.3 Å². The minimum absolute atomic E-state index is 0.502. The van der Waals surface area contributed by atoms with Gasteiger partial charge >= 0.3 is 0 Å². The second kappa shape index (κ2) is 57.6. The Bertz CT molecular complexity index is 4090. The fraction of sp³-hybridized carbons (Fsp3) is 0.676. The van der Waals surface area contributed by atoms with Crippen LogP contribution in [0.5, 0.6) is 0 Å². The lowest BCUT2D eigenvalue weighted by atomic mass is 9.93. The van der Waals surface area contributed by atoms with E-state index in [4.69, 9.17) is 4.42 Å². The number of rotatable bonds is 22. The molecule has 127 heavy (non-hydrogen) atoms. The molecule has 0 radical (unpaired) electrons. The van der Waals surface area contributed by atoms with E-state index >= 15 is 0 Å². The predicted molar refractivity (Wildman–Crippen MR) is 562 cm³/mol. The van der Waals surface area contributed by atoms with E-state index in [1.54, 1.807) is 34.0 Å². The molecule has 10 aromatic heterocycles. The number of aryl methyl sites for hydroxylation is 6. The number of thiazole rings is 2. The minimum Gasteiger partial charge on any atom is -0.469 e. The van der Waals surface area contributed by atoms with Crippen molar-refractivity contribution in [3.05, 3.63) is 193 Å². The zero-order chi connectivity index (χ0) is 98.0. The zero-order valence-corrected chi connectivity index (χ0v) is 93.4. The Kier molecular flexibility index (Phi) is 53.7. The fourth-order valence-corrected chi connectivity index (χ4v) is 18.8. The van der Waals surface area contributed by atoms with Crippen LogP contribution in [0, 0.1) is 18.8 Å². The van der Waals surface area contributed by atoms with Gasteiger partial charge in [-0.05, 0) is 211 Å². The minimum atomic E-state index is 0.502. The molecular formula is C108H186N14OS4. The summed E-state index contributed by atoms with van der Waals surface area (Å²) in [5.74, 6) is 13.9. The smallest absolute Gasteiger partial charge is 0.109 e. The number of nitrogens with zero attached hydrogens (tertiary/aromatic N) is 14. The van der Waals surface area contributed by atoms with E-state index in [1.165, 1.54) is 116 Å². The molecule has 718 valence electrons. The van der Waals surface area contributed by atoms with Crippen LogP contribution in [0.3, 0.4) is 0 Å². The molecule has 1 aliphatic rings. The highest BCUT2D eigenvalue weighted by atomic mass is 32.1. The van der Waals surface area contributed by atoms with Gasteiger partial charge in [-0.2, -0.15) is 29.9 Å². The van der Waals surface area contributed by atoms with Crippen molar-refractivity contribution in [3.8, 4) is 0 Å². The molecule has 0 bridgehead atoms. The normalized spacial score (nSPS) is 12.1. The molecule has 0 fully saturated rings. The average Bonchev–Trinajstić information content (AvgIpc) is 1.72. The highest BCUT2D eigenvalue weighted by Crippen LogP contribution is 2.36. The molecule has 0 aliphatic carbocycles. The van der Waals surface area contributed by atoms with Gasteiger partial charge in [0.15, 0.2) is 0 Å². The third-order valence-corrected chi connectivity index (χ3v) is 26.0. The van der Waals surface area contributed by atoms with Crippen molar-refractivity contribution in [1.29, 1.82) is 0 Å². The van der Waals surface area contributed by atoms with E-state index < -0.39 is 0 Å². The SMILES string of the molecule is CC(C)C1=CCN=C1C(C)C.CC(C)c1cc(C(C)C)n(C)n1.CC(C)c1cc(C(C)C)n(C)n1.CC(C)c1ccoc1C(C)C.CC(C)c1ccsc1C(C)C.CC(C)c1cn(C)nc1C(C)C.CC(C)c1cn(C)nc1C(C)C.CC(C)c1cnn(C)c1C(C)C.CC(C)c1csnc1C(C)C.CC(C)c1ncsc1C(C)C.Cc1nc(C(C)C)c(C(C)C)s1. The second-order valence-electron chi connectivity index (χ2n) is 41.1. The van der Waals surface area contributed by atoms with Crippen molar-refractivity contribution in [1.82, 2.24) is 63.2 Å². The summed E-state index contributed by atoms with van der Waals surface area (Å²) in [6, 6.07) is 8.73. The third-order valence-electron chi connectivity index (χ3n) is 21.7. The molecular weight excluding hydrogens is 1640 g/mol. The summed E-state index contributed by atoms with van der Waals surface area (Å²) in [4.78, 5) is 17.8. The highest BCUT2D eigenvalue weighted by Gasteiger charge is 2.22. The van der Waals surface area contributed by atoms with Crippen molar-refractivity contribution in [2.45, 2.75) is 430 Å². The molecule has 0 spiro atoms. The van der Waals surface area contributed by atoms with Gasteiger partial charge in [0, 0.05) is 96.4 Å². The van der Waals surface area contributed by atoms with E-state index in [9.17, 15) is 0 Å². The van der Waals surface area contributed by atoms with Crippen LogP contribution in [0.4, 0.5) is 0 Å². The van der Waals surface area contributed by atoms with Gasteiger partial charge < -0.3 is 4.42 Å². The molecule has 0 saturated heterocycles. The fourth-order valence-electron chi connectivity index (χ4n) is 14.7. The Morgan fingerprint density at radius 1 is 0.354 bits per heavy atom. The molecule has 0 aromatic carbocycles. The van der Waals surface area contributed by atoms with Crippen molar-refractivity contribution >= 4 is 51.3 Å². The van der Waals surface area contributed by atoms with Crippen LogP contribution in [0.25, 0.3) is 0 Å². The lowest BCUT2D eigenvalue weighted by Crippen LogP contribution is -2.12. The molecule has 0 unspecified atom stereocenters. The summed E-state index contributed by atoms with van der Waals surface area (Å²) in [6.07, 6.45) is 10.3. The van der Waals surface area contributed by atoms with Gasteiger partial charge in [0.05, 0.1) is 69.4 Å². The molecule has 15 nitrogen and oxygen atoms in total. The summed E-state index contributed by atoms with van der Waals surface area (Å²) in [7, 11) is 10.0. The number of aliphatic imine (C=N–C) groups is 1. The van der Waals surface area contributed by atoms with E-state index in [2.05, 4.69) is 410 Å². The molecule has 19 heteroatoms. The number of hydrogen-bond acceptors (Lipinski definition) is 14. The van der Waals surface area contributed by atoms with Crippen molar-refractivity contribution in [3.63, 3.8) is 0 Å². The van der Waals surface area contributed by atoms with Crippen LogP contribution >= 0.6 is 45.5 Å². The first kappa shape index (κ1) is 118. The maximum atomic E-state index is 5.39. The van der Waals surface area contributed by atoms with Gasteiger partial charge in [0.25, 0.3) is 0 Å². The first-order valence-corrected chi connectivity index (χ1v) is 51.6. The zero-order valence-electron chi connectivity index (χ0n) is 90.1. The van der Waals surface area contributed by atoms with Gasteiger partial charge in [-0.1, -0.05) is 311 Å². The standard InChI is InChI=1S/5C10H18N2.C10H17NS.C10H17N.C10H16O.C10H16S.2C9H15NS/c2*1-7(2)9-6-12(5)11-10(9)8(3)4;1-7(2)9-6-11-12(5)10(9)8(3)4;2*1-7(2)9-6-10(8(3)4)12(5)11-9;1-6(2)9-10(7(3)4)12-8(5)11-9;3*1-7(2)9-5-6-11-10(9)8(3)4;1-6(2)8-9(7(3)4)11-5-10-8;1-6(2)8-5-11-10-9(8)7(3)4/h5*6-8H,1-5H3;6-7H,1-5H3;5,7-8H,6H2,1-4H3;2*5-8H,1-4H3;2*5-7H,1-4H3. The number of furan rings is 1. The third kappa shape index (κ3) is 39.3. The monoisotopic (exact) mass is 1820 g/mol. The molecule has 0 atom stereocenters. The summed E-state index contributed by atoms with van der Waals surface area (Å²) < 4.78 is 19.5. The van der Waals surface area contributed by atoms with Crippen LogP contribution < -0.4 is 0 Å². The first-order chi connectivity index (χ1) is 58.8. The topological polar surface area (TPSA) is 153 Å². The average molecular weight is 1830 g/mol. The Morgan fingerprint density at radius 2 is 0.780 bits per heavy atom. The summed E-state index contributed by atoms with van der Waals surface area (Å²) in [6.45, 7) is 100. The van der Waals surface area contributed by atoms with E-state index in [0.29, 0.717) is 130 Å². The van der Waals surface area contributed by atoms with Crippen molar-refractivity contribution in [2.75, 3.05) is 6.54 Å².